The lowest BCUT2D eigenvalue weighted by molar-refractivity contribution is -0.126. The lowest BCUT2D eigenvalue weighted by Gasteiger charge is -2.33. The fraction of sp³-hybridized carbons (Fsp3) is 0.450. The minimum atomic E-state index is 0.0818. The maximum Gasteiger partial charge on any atom is 0.223 e. The summed E-state index contributed by atoms with van der Waals surface area (Å²) in [6, 6.07) is 10.5. The predicted molar refractivity (Wildman–Crippen MR) is 99.4 cm³/mol. The van der Waals surface area contributed by atoms with Crippen molar-refractivity contribution in [3.8, 4) is 0 Å². The highest BCUT2D eigenvalue weighted by Crippen LogP contribution is 2.23. The van der Waals surface area contributed by atoms with E-state index in [0.29, 0.717) is 5.92 Å². The SMILES string of the molecule is C[C@H](c1ccccc1)[C@@H](C)NC(=O)C1CCN(c2cnccn2)CC1. The molecule has 25 heavy (non-hydrogen) atoms. The highest BCUT2D eigenvalue weighted by atomic mass is 16.1. The molecule has 0 radical (unpaired) electrons. The molecule has 1 amide bonds. The van der Waals surface area contributed by atoms with Gasteiger partial charge in [0.25, 0.3) is 0 Å². The second kappa shape index (κ2) is 8.10. The van der Waals surface area contributed by atoms with Gasteiger partial charge in [0.05, 0.1) is 6.20 Å². The third-order valence-electron chi connectivity index (χ3n) is 5.18. The fourth-order valence-electron chi connectivity index (χ4n) is 3.34. The molecule has 132 valence electrons. The summed E-state index contributed by atoms with van der Waals surface area (Å²) in [4.78, 5) is 23.3. The van der Waals surface area contributed by atoms with Crippen LogP contribution in [-0.4, -0.2) is 35.0 Å². The lowest BCUT2D eigenvalue weighted by Crippen LogP contribution is -2.44. The number of hydrogen-bond donors (Lipinski definition) is 1. The average Bonchev–Trinajstić information content (AvgIpc) is 2.68. The van der Waals surface area contributed by atoms with Crippen LogP contribution < -0.4 is 10.2 Å². The van der Waals surface area contributed by atoms with Gasteiger partial charge in [-0.25, -0.2) is 4.98 Å². The zero-order valence-corrected chi connectivity index (χ0v) is 14.9. The Morgan fingerprint density at radius 2 is 1.88 bits per heavy atom. The molecular weight excluding hydrogens is 312 g/mol. The molecule has 0 spiro atoms. The first-order chi connectivity index (χ1) is 12.1. The third-order valence-corrected chi connectivity index (χ3v) is 5.18. The van der Waals surface area contributed by atoms with Crippen LogP contribution in [0, 0.1) is 5.92 Å². The fourth-order valence-corrected chi connectivity index (χ4v) is 3.34. The Labute approximate surface area is 149 Å². The summed E-state index contributed by atoms with van der Waals surface area (Å²) in [5, 5.41) is 3.22. The number of piperidine rings is 1. The predicted octanol–water partition coefficient (Wildman–Crippen LogP) is 3.00. The molecule has 5 nitrogen and oxygen atoms in total. The summed E-state index contributed by atoms with van der Waals surface area (Å²) >= 11 is 0. The van der Waals surface area contributed by atoms with Crippen LogP contribution in [0.5, 0.6) is 0 Å². The number of benzene rings is 1. The van der Waals surface area contributed by atoms with Gasteiger partial charge >= 0.3 is 0 Å². The van der Waals surface area contributed by atoms with Crippen molar-refractivity contribution >= 4 is 11.7 Å². The minimum Gasteiger partial charge on any atom is -0.355 e. The van der Waals surface area contributed by atoms with Gasteiger partial charge in [0, 0.05) is 43.4 Å². The minimum absolute atomic E-state index is 0.0818. The van der Waals surface area contributed by atoms with Gasteiger partial charge in [-0.3, -0.25) is 9.78 Å². The zero-order chi connectivity index (χ0) is 17.6. The van der Waals surface area contributed by atoms with Gasteiger partial charge in [-0.05, 0) is 25.3 Å². The Bertz CT molecular complexity index is 669. The van der Waals surface area contributed by atoms with Crippen molar-refractivity contribution in [1.29, 1.82) is 0 Å². The Hall–Kier alpha value is -2.43. The highest BCUT2D eigenvalue weighted by Gasteiger charge is 2.27. The van der Waals surface area contributed by atoms with E-state index >= 15 is 0 Å². The number of amides is 1. The molecule has 3 rings (SSSR count). The van der Waals surface area contributed by atoms with Crippen molar-refractivity contribution in [2.45, 2.75) is 38.6 Å². The second-order valence-corrected chi connectivity index (χ2v) is 6.82. The van der Waals surface area contributed by atoms with Crippen LogP contribution >= 0.6 is 0 Å². The molecule has 1 saturated heterocycles. The van der Waals surface area contributed by atoms with Crippen molar-refractivity contribution in [2.75, 3.05) is 18.0 Å². The number of carbonyl (C=O) groups excluding carboxylic acids is 1. The summed E-state index contributed by atoms with van der Waals surface area (Å²) in [7, 11) is 0. The lowest BCUT2D eigenvalue weighted by atomic mass is 9.92. The summed E-state index contributed by atoms with van der Waals surface area (Å²) in [6.45, 7) is 5.94. The van der Waals surface area contributed by atoms with E-state index in [0.717, 1.165) is 31.7 Å². The Balaban J connectivity index is 1.51. The van der Waals surface area contributed by atoms with Gasteiger partial charge in [0.15, 0.2) is 0 Å². The van der Waals surface area contributed by atoms with Gasteiger partial charge in [-0.2, -0.15) is 0 Å². The first-order valence-corrected chi connectivity index (χ1v) is 9.01. The molecule has 1 aromatic heterocycles. The average molecular weight is 338 g/mol. The zero-order valence-electron chi connectivity index (χ0n) is 14.9. The molecule has 1 fully saturated rings. The van der Waals surface area contributed by atoms with Gasteiger partial charge in [0.2, 0.25) is 5.91 Å². The third kappa shape index (κ3) is 4.35. The summed E-state index contributed by atoms with van der Waals surface area (Å²) in [5.41, 5.74) is 1.26. The van der Waals surface area contributed by atoms with E-state index in [-0.39, 0.29) is 17.9 Å². The number of hydrogen-bond acceptors (Lipinski definition) is 4. The van der Waals surface area contributed by atoms with Crippen LogP contribution in [-0.2, 0) is 4.79 Å². The van der Waals surface area contributed by atoms with Crippen molar-refractivity contribution in [1.82, 2.24) is 15.3 Å². The van der Waals surface area contributed by atoms with E-state index in [4.69, 9.17) is 0 Å². The van der Waals surface area contributed by atoms with Crippen molar-refractivity contribution in [2.24, 2.45) is 5.92 Å². The standard InChI is InChI=1S/C20H26N4O/c1-15(17-6-4-3-5-7-17)16(2)23-20(25)18-8-12-24(13-9-18)19-14-21-10-11-22-19/h3-7,10-11,14-16,18H,8-9,12-13H2,1-2H3,(H,23,25)/t15-,16+/m0/s1. The van der Waals surface area contributed by atoms with Gasteiger partial charge in [0.1, 0.15) is 5.82 Å². The second-order valence-electron chi connectivity index (χ2n) is 6.82. The van der Waals surface area contributed by atoms with Crippen LogP contribution in [0.3, 0.4) is 0 Å². The molecule has 1 aromatic carbocycles. The number of nitrogens with one attached hydrogen (secondary N) is 1. The summed E-state index contributed by atoms with van der Waals surface area (Å²) in [6.07, 6.45) is 6.88. The van der Waals surface area contributed by atoms with Crippen LogP contribution in [0.2, 0.25) is 0 Å². The molecule has 1 N–H and O–H groups in total. The van der Waals surface area contributed by atoms with E-state index in [2.05, 4.69) is 46.2 Å². The van der Waals surface area contributed by atoms with Crippen molar-refractivity contribution < 1.29 is 4.79 Å². The largest absolute Gasteiger partial charge is 0.355 e. The molecule has 1 aliphatic rings. The summed E-state index contributed by atoms with van der Waals surface area (Å²) in [5.74, 6) is 1.45. The molecule has 0 bridgehead atoms. The van der Waals surface area contributed by atoms with Crippen LogP contribution in [0.4, 0.5) is 5.82 Å². The van der Waals surface area contributed by atoms with E-state index < -0.39 is 0 Å². The molecule has 0 aliphatic carbocycles. The first kappa shape index (κ1) is 17.4. The molecule has 1 aliphatic heterocycles. The van der Waals surface area contributed by atoms with Crippen LogP contribution in [0.15, 0.2) is 48.9 Å². The molecule has 0 saturated carbocycles. The number of nitrogens with zero attached hydrogens (tertiary/aromatic N) is 3. The molecule has 0 unspecified atom stereocenters. The first-order valence-electron chi connectivity index (χ1n) is 9.01. The van der Waals surface area contributed by atoms with Crippen LogP contribution in [0.1, 0.15) is 38.2 Å². The molecular formula is C20H26N4O. The van der Waals surface area contributed by atoms with Crippen LogP contribution in [0.25, 0.3) is 0 Å². The van der Waals surface area contributed by atoms with E-state index in [1.807, 2.05) is 18.2 Å². The maximum atomic E-state index is 12.6. The maximum absolute atomic E-state index is 12.6. The molecule has 5 heteroatoms. The highest BCUT2D eigenvalue weighted by molar-refractivity contribution is 5.79. The molecule has 2 heterocycles. The summed E-state index contributed by atoms with van der Waals surface area (Å²) < 4.78 is 0. The Morgan fingerprint density at radius 3 is 2.52 bits per heavy atom. The Kier molecular flexibility index (Phi) is 5.64. The number of rotatable bonds is 5. The van der Waals surface area contributed by atoms with Gasteiger partial charge < -0.3 is 10.2 Å². The topological polar surface area (TPSA) is 58.1 Å². The normalized spacial score (nSPS) is 17.8. The van der Waals surface area contributed by atoms with Gasteiger partial charge in [-0.1, -0.05) is 37.3 Å². The number of aromatic nitrogens is 2. The van der Waals surface area contributed by atoms with Crippen molar-refractivity contribution in [3.05, 3.63) is 54.5 Å². The Morgan fingerprint density at radius 1 is 1.16 bits per heavy atom. The monoisotopic (exact) mass is 338 g/mol. The smallest absolute Gasteiger partial charge is 0.223 e. The van der Waals surface area contributed by atoms with E-state index in [9.17, 15) is 4.79 Å². The molecule has 2 aromatic rings. The molecule has 2 atom stereocenters. The number of anilines is 1. The van der Waals surface area contributed by atoms with E-state index in [1.54, 1.807) is 18.6 Å². The quantitative estimate of drug-likeness (QED) is 0.910. The van der Waals surface area contributed by atoms with Crippen molar-refractivity contribution in [3.63, 3.8) is 0 Å². The number of carbonyl (C=O) groups is 1. The van der Waals surface area contributed by atoms with Gasteiger partial charge in [-0.15, -0.1) is 0 Å². The van der Waals surface area contributed by atoms with E-state index in [1.165, 1.54) is 5.56 Å².